The van der Waals surface area contributed by atoms with Crippen molar-refractivity contribution in [2.24, 2.45) is 0 Å². The molecule has 6 aromatic rings. The van der Waals surface area contributed by atoms with Crippen LogP contribution in [0.3, 0.4) is 0 Å². The van der Waals surface area contributed by atoms with Crippen molar-refractivity contribution in [3.8, 4) is 45.3 Å². The first-order valence-corrected chi connectivity index (χ1v) is 14.9. The molecule has 1 N–H and O–H groups in total. The predicted molar refractivity (Wildman–Crippen MR) is 166 cm³/mol. The molecule has 0 aliphatic carbocycles. The van der Waals surface area contributed by atoms with Crippen LogP contribution in [0.4, 0.5) is 0 Å². The Morgan fingerprint density at radius 2 is 0.634 bits per heavy atom. The zero-order chi connectivity index (χ0) is 28.1. The van der Waals surface area contributed by atoms with Crippen LogP contribution in [0.2, 0.25) is 0 Å². The van der Waals surface area contributed by atoms with Gasteiger partial charge in [0.1, 0.15) is 23.0 Å². The Labute approximate surface area is 239 Å². The van der Waals surface area contributed by atoms with Gasteiger partial charge in [0.2, 0.25) is 0 Å². The molecule has 5 heteroatoms. The second kappa shape index (κ2) is 11.7. The lowest BCUT2D eigenvalue weighted by Gasteiger charge is -2.14. The molecule has 0 atom stereocenters. The molecule has 0 aliphatic rings. The second-order valence-electron chi connectivity index (χ2n) is 9.55. The van der Waals surface area contributed by atoms with E-state index in [1.165, 1.54) is 0 Å². The molecule has 0 aliphatic heterocycles. The Balaban J connectivity index is 1.10. The van der Waals surface area contributed by atoms with Crippen LogP contribution in [-0.4, -0.2) is 4.89 Å². The molecule has 0 saturated heterocycles. The number of ether oxygens (including phenoxy) is 2. The highest BCUT2D eigenvalue weighted by Crippen LogP contribution is 2.39. The molecule has 0 saturated carbocycles. The van der Waals surface area contributed by atoms with Gasteiger partial charge in [-0.3, -0.25) is 4.57 Å². The highest BCUT2D eigenvalue weighted by atomic mass is 31.2. The van der Waals surface area contributed by atoms with Crippen LogP contribution in [0, 0.1) is 0 Å². The molecule has 0 heterocycles. The van der Waals surface area contributed by atoms with E-state index in [0.29, 0.717) is 33.6 Å². The monoisotopic (exact) mass is 554 g/mol. The summed E-state index contributed by atoms with van der Waals surface area (Å²) in [6.07, 6.45) is 0. The quantitative estimate of drug-likeness (QED) is 0.191. The predicted octanol–water partition coefficient (Wildman–Crippen LogP) is 8.83. The summed E-state index contributed by atoms with van der Waals surface area (Å²) >= 11 is 0. The van der Waals surface area contributed by atoms with Gasteiger partial charge in [-0.25, -0.2) is 0 Å². The maximum absolute atomic E-state index is 13.4. The van der Waals surface area contributed by atoms with Crippen LogP contribution in [0.1, 0.15) is 0 Å². The fourth-order valence-electron chi connectivity index (χ4n) is 4.55. The summed E-state index contributed by atoms with van der Waals surface area (Å²) < 4.78 is 25.3. The van der Waals surface area contributed by atoms with Gasteiger partial charge in [-0.05, 0) is 95.1 Å². The highest BCUT2D eigenvalue weighted by Gasteiger charge is 2.24. The number of rotatable bonds is 8. The van der Waals surface area contributed by atoms with E-state index in [0.717, 1.165) is 22.3 Å². The number of benzene rings is 6. The molecular formula is C36H27O4P. The lowest BCUT2D eigenvalue weighted by Crippen LogP contribution is -2.15. The Bertz CT molecular complexity index is 1630. The van der Waals surface area contributed by atoms with Gasteiger partial charge in [0, 0.05) is 10.6 Å². The van der Waals surface area contributed by atoms with Gasteiger partial charge in [0.05, 0.1) is 0 Å². The summed E-state index contributed by atoms with van der Waals surface area (Å²) in [5.74, 6) is 2.55. The molecule has 0 unspecified atom stereocenters. The number of hydrogen-bond donors (Lipinski definition) is 1. The van der Waals surface area contributed by atoms with Crippen LogP contribution in [0.5, 0.6) is 23.0 Å². The van der Waals surface area contributed by atoms with Gasteiger partial charge in [0.25, 0.3) is 7.37 Å². The standard InChI is InChI=1S/C36H27O4P/c37-41(38,35-23-19-33(20-24-35)39-31-15-11-29(12-16-31)27-7-3-1-4-8-27)36-25-21-34(22-26-36)40-32-17-13-30(14-18-32)28-9-5-2-6-10-28/h1-26H,(H,37,38). The zero-order valence-corrected chi connectivity index (χ0v) is 23.0. The first kappa shape index (κ1) is 26.3. The minimum Gasteiger partial charge on any atom is -0.457 e. The van der Waals surface area contributed by atoms with E-state index in [2.05, 4.69) is 24.3 Å². The molecule has 6 rings (SSSR count). The first-order valence-electron chi connectivity index (χ1n) is 13.3. The van der Waals surface area contributed by atoms with Crippen LogP contribution >= 0.6 is 7.37 Å². The third kappa shape index (κ3) is 6.15. The van der Waals surface area contributed by atoms with Crippen molar-refractivity contribution >= 4 is 18.0 Å². The zero-order valence-electron chi connectivity index (χ0n) is 22.1. The third-order valence-electron chi connectivity index (χ3n) is 6.77. The van der Waals surface area contributed by atoms with E-state index >= 15 is 0 Å². The molecule has 0 fully saturated rings. The van der Waals surface area contributed by atoms with E-state index in [1.807, 2.05) is 84.9 Å². The van der Waals surface area contributed by atoms with Crippen molar-refractivity contribution < 1.29 is 18.9 Å². The minimum atomic E-state index is -3.79. The third-order valence-corrected chi connectivity index (χ3v) is 8.76. The summed E-state index contributed by atoms with van der Waals surface area (Å²) in [6.45, 7) is 0. The maximum atomic E-state index is 13.4. The molecule has 0 aromatic heterocycles. The summed E-state index contributed by atoms with van der Waals surface area (Å²) in [5, 5.41) is 0.656. The average Bonchev–Trinajstić information content (AvgIpc) is 3.03. The molecule has 0 bridgehead atoms. The highest BCUT2D eigenvalue weighted by molar-refractivity contribution is 7.73. The van der Waals surface area contributed by atoms with Gasteiger partial charge in [-0.1, -0.05) is 84.9 Å². The van der Waals surface area contributed by atoms with Crippen molar-refractivity contribution in [1.29, 1.82) is 0 Å². The van der Waals surface area contributed by atoms with E-state index in [4.69, 9.17) is 9.47 Å². The molecule has 0 spiro atoms. The van der Waals surface area contributed by atoms with Crippen molar-refractivity contribution in [3.05, 3.63) is 158 Å². The fraction of sp³-hybridized carbons (Fsp3) is 0. The van der Waals surface area contributed by atoms with E-state index in [9.17, 15) is 9.46 Å². The van der Waals surface area contributed by atoms with Crippen molar-refractivity contribution in [2.75, 3.05) is 0 Å². The Kier molecular flexibility index (Phi) is 7.51. The Hall–Kier alpha value is -4.89. The molecule has 41 heavy (non-hydrogen) atoms. The summed E-state index contributed by atoms with van der Waals surface area (Å²) in [7, 11) is -3.79. The van der Waals surface area contributed by atoms with Gasteiger partial charge in [-0.2, -0.15) is 0 Å². The topological polar surface area (TPSA) is 55.8 Å². The van der Waals surface area contributed by atoms with Crippen LogP contribution in [0.25, 0.3) is 22.3 Å². The molecular weight excluding hydrogens is 527 g/mol. The average molecular weight is 555 g/mol. The first-order chi connectivity index (χ1) is 20.0. The summed E-state index contributed by atoms with van der Waals surface area (Å²) in [6, 6.07) is 49.3. The second-order valence-corrected chi connectivity index (χ2v) is 11.7. The van der Waals surface area contributed by atoms with Crippen molar-refractivity contribution in [3.63, 3.8) is 0 Å². The lowest BCUT2D eigenvalue weighted by molar-refractivity contribution is 0.482. The maximum Gasteiger partial charge on any atom is 0.258 e. The smallest absolute Gasteiger partial charge is 0.258 e. The van der Waals surface area contributed by atoms with Crippen LogP contribution in [0.15, 0.2) is 158 Å². The van der Waals surface area contributed by atoms with Crippen molar-refractivity contribution in [1.82, 2.24) is 0 Å². The summed E-state index contributed by atoms with van der Waals surface area (Å²) in [5.41, 5.74) is 4.48. The van der Waals surface area contributed by atoms with E-state index < -0.39 is 7.37 Å². The normalized spacial score (nSPS) is 11.1. The molecule has 6 aromatic carbocycles. The molecule has 200 valence electrons. The van der Waals surface area contributed by atoms with Gasteiger partial charge < -0.3 is 14.4 Å². The van der Waals surface area contributed by atoms with E-state index in [1.54, 1.807) is 48.5 Å². The largest absolute Gasteiger partial charge is 0.457 e. The fourth-order valence-corrected chi connectivity index (χ4v) is 5.95. The van der Waals surface area contributed by atoms with Crippen molar-refractivity contribution in [2.45, 2.75) is 0 Å². The minimum absolute atomic E-state index is 0.328. The Morgan fingerprint density at radius 3 is 0.951 bits per heavy atom. The Morgan fingerprint density at radius 1 is 0.366 bits per heavy atom. The molecule has 4 nitrogen and oxygen atoms in total. The molecule has 0 radical (unpaired) electrons. The lowest BCUT2D eigenvalue weighted by atomic mass is 10.1. The number of hydrogen-bond acceptors (Lipinski definition) is 3. The van der Waals surface area contributed by atoms with Gasteiger partial charge >= 0.3 is 0 Å². The van der Waals surface area contributed by atoms with Crippen LogP contribution in [-0.2, 0) is 4.57 Å². The summed E-state index contributed by atoms with van der Waals surface area (Å²) in [4.78, 5) is 11.0. The van der Waals surface area contributed by atoms with Gasteiger partial charge in [0.15, 0.2) is 0 Å². The SMILES string of the molecule is O=P(O)(c1ccc(Oc2ccc(-c3ccccc3)cc2)cc1)c1ccc(Oc2ccc(-c3ccccc3)cc2)cc1. The van der Waals surface area contributed by atoms with Crippen LogP contribution < -0.4 is 20.1 Å². The van der Waals surface area contributed by atoms with Gasteiger partial charge in [-0.15, -0.1) is 0 Å². The molecule has 0 amide bonds. The van der Waals surface area contributed by atoms with E-state index in [-0.39, 0.29) is 0 Å².